The standard InChI is InChI=1S/C12H16Br2OS2Si2/c1-18(2,3)15-19(4,11-9(13)5-7-16-11)12-10(14)6-8-17-12/h5-8H,1-4H3. The molecular weight excluding hydrogens is 440 g/mol. The van der Waals surface area contributed by atoms with Crippen molar-refractivity contribution in [2.75, 3.05) is 0 Å². The molecule has 2 aromatic heterocycles. The molecule has 0 bridgehead atoms. The first kappa shape index (κ1) is 16.1. The van der Waals surface area contributed by atoms with E-state index in [1.54, 1.807) is 22.7 Å². The lowest BCUT2D eigenvalue weighted by molar-refractivity contribution is 0.574. The van der Waals surface area contributed by atoms with Gasteiger partial charge in [-0.25, -0.2) is 0 Å². The smallest absolute Gasteiger partial charge is 0.264 e. The summed E-state index contributed by atoms with van der Waals surface area (Å²) in [7, 11) is -3.73. The molecule has 0 unspecified atom stereocenters. The van der Waals surface area contributed by atoms with Crippen LogP contribution in [-0.2, 0) is 4.12 Å². The molecule has 0 spiro atoms. The minimum Gasteiger partial charge on any atom is -0.448 e. The molecule has 0 saturated heterocycles. The molecule has 1 nitrogen and oxygen atoms in total. The first-order valence-electron chi connectivity index (χ1n) is 5.91. The Kier molecular flexibility index (Phi) is 4.98. The van der Waals surface area contributed by atoms with Crippen LogP contribution in [0.15, 0.2) is 31.8 Å². The molecule has 0 aliphatic carbocycles. The molecule has 0 N–H and O–H groups in total. The molecule has 2 aromatic rings. The number of halogens is 2. The van der Waals surface area contributed by atoms with Gasteiger partial charge in [0.05, 0.1) is 0 Å². The van der Waals surface area contributed by atoms with E-state index in [1.807, 2.05) is 0 Å². The van der Waals surface area contributed by atoms with E-state index in [0.717, 1.165) is 0 Å². The monoisotopic (exact) mass is 454 g/mol. The Hall–Kier alpha value is 0.754. The zero-order valence-corrected chi connectivity index (χ0v) is 18.1. The maximum atomic E-state index is 6.71. The summed E-state index contributed by atoms with van der Waals surface area (Å²) < 4.78 is 11.8. The quantitative estimate of drug-likeness (QED) is 0.597. The van der Waals surface area contributed by atoms with Gasteiger partial charge in [-0.05, 0) is 80.9 Å². The van der Waals surface area contributed by atoms with Gasteiger partial charge < -0.3 is 4.12 Å². The Morgan fingerprint density at radius 2 is 1.32 bits per heavy atom. The van der Waals surface area contributed by atoms with Crippen molar-refractivity contribution in [3.63, 3.8) is 0 Å². The van der Waals surface area contributed by atoms with Crippen molar-refractivity contribution < 1.29 is 4.12 Å². The lowest BCUT2D eigenvalue weighted by atomic mass is 10.7. The lowest BCUT2D eigenvalue weighted by Gasteiger charge is -2.33. The summed E-state index contributed by atoms with van der Waals surface area (Å²) in [4.78, 5) is 0. The second kappa shape index (κ2) is 5.86. The van der Waals surface area contributed by atoms with Crippen LogP contribution >= 0.6 is 54.5 Å². The highest BCUT2D eigenvalue weighted by atomic mass is 79.9. The largest absolute Gasteiger partial charge is 0.448 e. The Morgan fingerprint density at radius 1 is 0.895 bits per heavy atom. The predicted octanol–water partition coefficient (Wildman–Crippen LogP) is 4.88. The molecule has 7 heteroatoms. The van der Waals surface area contributed by atoms with E-state index >= 15 is 0 Å². The number of hydrogen-bond acceptors (Lipinski definition) is 3. The van der Waals surface area contributed by atoms with Crippen LogP contribution in [0.5, 0.6) is 0 Å². The van der Waals surface area contributed by atoms with E-state index in [-0.39, 0.29) is 0 Å². The maximum absolute atomic E-state index is 6.71. The Labute approximate surface area is 141 Å². The molecule has 0 radical (unpaired) electrons. The predicted molar refractivity (Wildman–Crippen MR) is 99.4 cm³/mol. The molecule has 104 valence electrons. The van der Waals surface area contributed by atoms with Gasteiger partial charge >= 0.3 is 0 Å². The summed E-state index contributed by atoms with van der Waals surface area (Å²) in [6.45, 7) is 9.11. The fraction of sp³-hybridized carbons (Fsp3) is 0.333. The van der Waals surface area contributed by atoms with Crippen molar-refractivity contribution in [2.24, 2.45) is 0 Å². The van der Waals surface area contributed by atoms with E-state index < -0.39 is 16.6 Å². The molecule has 0 aliphatic heterocycles. The zero-order valence-electron chi connectivity index (χ0n) is 11.3. The van der Waals surface area contributed by atoms with Gasteiger partial charge in [-0.1, -0.05) is 0 Å². The molecule has 0 aliphatic rings. The lowest BCUT2D eigenvalue weighted by Crippen LogP contribution is -2.61. The molecule has 2 heterocycles. The molecule has 0 saturated carbocycles. The Bertz CT molecular complexity index is 534. The topological polar surface area (TPSA) is 9.23 Å². The highest BCUT2D eigenvalue weighted by Gasteiger charge is 2.43. The van der Waals surface area contributed by atoms with Crippen LogP contribution in [0.4, 0.5) is 0 Å². The van der Waals surface area contributed by atoms with Crippen molar-refractivity contribution in [1.29, 1.82) is 0 Å². The molecule has 0 aromatic carbocycles. The summed E-state index contributed by atoms with van der Waals surface area (Å²) in [5.41, 5.74) is 0. The van der Waals surface area contributed by atoms with Crippen molar-refractivity contribution >= 4 is 80.2 Å². The first-order valence-corrected chi connectivity index (χ1v) is 15.1. The average molecular weight is 456 g/mol. The van der Waals surface area contributed by atoms with Gasteiger partial charge in [-0.3, -0.25) is 0 Å². The normalized spacial score (nSPS) is 12.9. The SMILES string of the molecule is C[Si](C)(C)O[Si](C)(c1sccc1Br)c1sccc1Br. The van der Waals surface area contributed by atoms with Crippen LogP contribution in [0.25, 0.3) is 0 Å². The molecule has 0 fully saturated rings. The number of hydrogen-bond donors (Lipinski definition) is 0. The highest BCUT2D eigenvalue weighted by molar-refractivity contribution is 9.11. The maximum Gasteiger partial charge on any atom is 0.264 e. The molecule has 19 heavy (non-hydrogen) atoms. The summed E-state index contributed by atoms with van der Waals surface area (Å²) in [6, 6.07) is 4.25. The van der Waals surface area contributed by atoms with Crippen LogP contribution in [0.2, 0.25) is 26.2 Å². The van der Waals surface area contributed by atoms with E-state index in [9.17, 15) is 0 Å². The fourth-order valence-corrected chi connectivity index (χ4v) is 17.3. The van der Waals surface area contributed by atoms with E-state index in [1.165, 1.54) is 17.9 Å². The van der Waals surface area contributed by atoms with Gasteiger partial charge in [0.25, 0.3) is 8.32 Å². The van der Waals surface area contributed by atoms with Crippen LogP contribution in [0.3, 0.4) is 0 Å². The molecule has 2 rings (SSSR count). The minimum atomic E-state index is -2.12. The third kappa shape index (κ3) is 3.50. The fourth-order valence-electron chi connectivity index (χ4n) is 2.08. The first-order chi connectivity index (χ1) is 8.74. The van der Waals surface area contributed by atoms with Crippen LogP contribution in [-0.4, -0.2) is 16.6 Å². The van der Waals surface area contributed by atoms with Gasteiger partial charge in [0.15, 0.2) is 8.32 Å². The van der Waals surface area contributed by atoms with Crippen LogP contribution in [0.1, 0.15) is 0 Å². The van der Waals surface area contributed by atoms with Crippen molar-refractivity contribution in [3.05, 3.63) is 31.8 Å². The highest BCUT2D eigenvalue weighted by Crippen LogP contribution is 2.26. The average Bonchev–Trinajstić information content (AvgIpc) is 2.84. The Balaban J connectivity index is 2.57. The van der Waals surface area contributed by atoms with Gasteiger partial charge in [-0.15, -0.1) is 22.7 Å². The van der Waals surface area contributed by atoms with Gasteiger partial charge in [0, 0.05) is 17.9 Å². The van der Waals surface area contributed by atoms with Crippen molar-refractivity contribution in [1.82, 2.24) is 0 Å². The van der Waals surface area contributed by atoms with Gasteiger partial charge in [0.1, 0.15) is 0 Å². The van der Waals surface area contributed by atoms with Gasteiger partial charge in [0.2, 0.25) is 0 Å². The summed E-state index contributed by atoms with van der Waals surface area (Å²) in [5, 5.41) is 4.28. The summed E-state index contributed by atoms with van der Waals surface area (Å²) in [5.74, 6) is 0. The second-order valence-electron chi connectivity index (χ2n) is 5.44. The molecule has 0 atom stereocenters. The third-order valence-electron chi connectivity index (χ3n) is 2.61. The Morgan fingerprint density at radius 3 is 1.58 bits per heavy atom. The molecular formula is C12H16Br2OS2Si2. The van der Waals surface area contributed by atoms with Crippen molar-refractivity contribution in [3.8, 4) is 0 Å². The van der Waals surface area contributed by atoms with E-state index in [0.29, 0.717) is 0 Å². The molecule has 0 amide bonds. The zero-order chi connectivity index (χ0) is 14.3. The number of rotatable bonds is 4. The summed E-state index contributed by atoms with van der Waals surface area (Å²) in [6.07, 6.45) is 0. The van der Waals surface area contributed by atoms with Crippen LogP contribution in [0, 0.1) is 0 Å². The van der Waals surface area contributed by atoms with Crippen LogP contribution < -0.4 is 9.00 Å². The third-order valence-corrected chi connectivity index (χ3v) is 16.0. The number of thiophene rings is 2. The van der Waals surface area contributed by atoms with E-state index in [4.69, 9.17) is 4.12 Å². The second-order valence-corrected chi connectivity index (χ2v) is 17.8. The summed E-state index contributed by atoms with van der Waals surface area (Å²) >= 11 is 11.0. The van der Waals surface area contributed by atoms with Gasteiger partial charge in [-0.2, -0.15) is 0 Å². The van der Waals surface area contributed by atoms with Crippen molar-refractivity contribution in [2.45, 2.75) is 26.2 Å². The van der Waals surface area contributed by atoms with E-state index in [2.05, 4.69) is 80.9 Å². The minimum absolute atomic E-state index is 1.19.